The van der Waals surface area contributed by atoms with Crippen molar-refractivity contribution in [2.45, 2.75) is 26.2 Å². The Morgan fingerprint density at radius 3 is 3.17 bits per heavy atom. The fraction of sp³-hybridized carbons (Fsp3) is 0.625. The monoisotopic (exact) mass is 170 g/mol. The molecule has 1 aliphatic rings. The SMILES string of the molecule is Cc1cnn2c1C(C)(F)OCC2. The molecule has 4 heteroatoms. The predicted molar refractivity (Wildman–Crippen MR) is 41.4 cm³/mol. The average Bonchev–Trinajstić information content (AvgIpc) is 2.32. The van der Waals surface area contributed by atoms with Gasteiger partial charge in [0.25, 0.3) is 0 Å². The van der Waals surface area contributed by atoms with Crippen LogP contribution >= 0.6 is 0 Å². The lowest BCUT2D eigenvalue weighted by Crippen LogP contribution is -2.32. The fourth-order valence-corrected chi connectivity index (χ4v) is 1.62. The van der Waals surface area contributed by atoms with Gasteiger partial charge in [-0.1, -0.05) is 0 Å². The van der Waals surface area contributed by atoms with Gasteiger partial charge in [-0.25, -0.2) is 4.39 Å². The number of alkyl halides is 1. The molecule has 0 fully saturated rings. The van der Waals surface area contributed by atoms with Gasteiger partial charge in [0, 0.05) is 6.92 Å². The number of nitrogens with zero attached hydrogens (tertiary/aromatic N) is 2. The minimum Gasteiger partial charge on any atom is -0.339 e. The third kappa shape index (κ3) is 0.948. The number of aromatic nitrogens is 2. The molecule has 0 aromatic carbocycles. The summed E-state index contributed by atoms with van der Waals surface area (Å²) >= 11 is 0. The molecule has 1 atom stereocenters. The zero-order chi connectivity index (χ0) is 8.77. The Morgan fingerprint density at radius 1 is 1.75 bits per heavy atom. The van der Waals surface area contributed by atoms with E-state index in [1.165, 1.54) is 6.92 Å². The summed E-state index contributed by atoms with van der Waals surface area (Å²) in [4.78, 5) is 0. The molecule has 12 heavy (non-hydrogen) atoms. The summed E-state index contributed by atoms with van der Waals surface area (Å²) in [5.74, 6) is -1.67. The Kier molecular flexibility index (Phi) is 1.48. The zero-order valence-electron chi connectivity index (χ0n) is 7.17. The number of hydrogen-bond donors (Lipinski definition) is 0. The second-order valence-corrected chi connectivity index (χ2v) is 3.16. The molecule has 1 aliphatic heterocycles. The van der Waals surface area contributed by atoms with E-state index in [-0.39, 0.29) is 0 Å². The van der Waals surface area contributed by atoms with Gasteiger partial charge in [-0.3, -0.25) is 4.68 Å². The third-order valence-electron chi connectivity index (χ3n) is 2.12. The minimum atomic E-state index is -1.67. The van der Waals surface area contributed by atoms with Crippen LogP contribution in [0.1, 0.15) is 18.2 Å². The largest absolute Gasteiger partial charge is 0.339 e. The Labute approximate surface area is 70.1 Å². The number of hydrogen-bond acceptors (Lipinski definition) is 2. The maximum Gasteiger partial charge on any atom is 0.249 e. The van der Waals surface area contributed by atoms with Crippen LogP contribution in [0, 0.1) is 6.92 Å². The van der Waals surface area contributed by atoms with Crippen LogP contribution in [0.3, 0.4) is 0 Å². The van der Waals surface area contributed by atoms with Crippen LogP contribution in [0.2, 0.25) is 0 Å². The molecule has 1 aromatic heterocycles. The van der Waals surface area contributed by atoms with Crippen LogP contribution in [0.4, 0.5) is 4.39 Å². The van der Waals surface area contributed by atoms with Crippen molar-refractivity contribution in [3.05, 3.63) is 17.5 Å². The van der Waals surface area contributed by atoms with Gasteiger partial charge in [0.2, 0.25) is 5.85 Å². The molecular weight excluding hydrogens is 159 g/mol. The van der Waals surface area contributed by atoms with E-state index in [9.17, 15) is 4.39 Å². The van der Waals surface area contributed by atoms with E-state index in [1.807, 2.05) is 6.92 Å². The maximum atomic E-state index is 13.7. The van der Waals surface area contributed by atoms with E-state index >= 15 is 0 Å². The lowest BCUT2D eigenvalue weighted by molar-refractivity contribution is -0.161. The van der Waals surface area contributed by atoms with Crippen LogP contribution in [0.15, 0.2) is 6.20 Å². The summed E-state index contributed by atoms with van der Waals surface area (Å²) in [6.07, 6.45) is 1.67. The summed E-state index contributed by atoms with van der Waals surface area (Å²) < 4.78 is 20.3. The van der Waals surface area contributed by atoms with Gasteiger partial charge >= 0.3 is 0 Å². The van der Waals surface area contributed by atoms with Crippen molar-refractivity contribution >= 4 is 0 Å². The average molecular weight is 170 g/mol. The van der Waals surface area contributed by atoms with Crippen LogP contribution in [-0.2, 0) is 17.1 Å². The summed E-state index contributed by atoms with van der Waals surface area (Å²) in [5.41, 5.74) is 1.40. The molecule has 0 spiro atoms. The Balaban J connectivity index is 2.56. The van der Waals surface area contributed by atoms with Crippen LogP contribution < -0.4 is 0 Å². The first kappa shape index (κ1) is 7.73. The van der Waals surface area contributed by atoms with Crippen molar-refractivity contribution in [1.29, 1.82) is 0 Å². The smallest absolute Gasteiger partial charge is 0.249 e. The van der Waals surface area contributed by atoms with Crippen LogP contribution in [-0.4, -0.2) is 16.4 Å². The minimum absolute atomic E-state index is 0.390. The zero-order valence-corrected chi connectivity index (χ0v) is 7.17. The van der Waals surface area contributed by atoms with Crippen molar-refractivity contribution in [1.82, 2.24) is 9.78 Å². The van der Waals surface area contributed by atoms with E-state index < -0.39 is 5.85 Å². The van der Waals surface area contributed by atoms with Gasteiger partial charge in [0.1, 0.15) is 5.69 Å². The first-order valence-corrected chi connectivity index (χ1v) is 3.97. The number of ether oxygens (including phenoxy) is 1. The van der Waals surface area contributed by atoms with Crippen molar-refractivity contribution in [3.63, 3.8) is 0 Å². The first-order chi connectivity index (χ1) is 5.61. The maximum absolute atomic E-state index is 13.7. The molecule has 66 valence electrons. The van der Waals surface area contributed by atoms with E-state index in [1.54, 1.807) is 10.9 Å². The number of rotatable bonds is 0. The quantitative estimate of drug-likeness (QED) is 0.588. The van der Waals surface area contributed by atoms with Crippen LogP contribution in [0.25, 0.3) is 0 Å². The molecule has 0 bridgehead atoms. The van der Waals surface area contributed by atoms with Crippen molar-refractivity contribution in [2.24, 2.45) is 0 Å². The summed E-state index contributed by atoms with van der Waals surface area (Å²) in [6, 6.07) is 0. The molecule has 1 aromatic rings. The highest BCUT2D eigenvalue weighted by molar-refractivity contribution is 5.21. The lowest BCUT2D eigenvalue weighted by atomic mass is 10.1. The van der Waals surface area contributed by atoms with E-state index in [0.717, 1.165) is 5.56 Å². The van der Waals surface area contributed by atoms with E-state index in [2.05, 4.69) is 5.10 Å². The van der Waals surface area contributed by atoms with E-state index in [4.69, 9.17) is 4.74 Å². The fourth-order valence-electron chi connectivity index (χ4n) is 1.62. The highest BCUT2D eigenvalue weighted by atomic mass is 19.2. The normalized spacial score (nSPS) is 28.6. The highest BCUT2D eigenvalue weighted by Crippen LogP contribution is 2.32. The molecule has 0 saturated heterocycles. The molecule has 3 nitrogen and oxygen atoms in total. The molecule has 0 radical (unpaired) electrons. The summed E-state index contributed by atoms with van der Waals surface area (Å²) in [6.45, 7) is 4.29. The Bertz CT molecular complexity index is 306. The third-order valence-corrected chi connectivity index (χ3v) is 2.12. The van der Waals surface area contributed by atoms with Crippen molar-refractivity contribution in [2.75, 3.05) is 6.61 Å². The molecule has 0 saturated carbocycles. The molecule has 0 aliphatic carbocycles. The van der Waals surface area contributed by atoms with Gasteiger partial charge < -0.3 is 4.74 Å². The van der Waals surface area contributed by atoms with Gasteiger partial charge in [0.15, 0.2) is 0 Å². The Morgan fingerprint density at radius 2 is 2.50 bits per heavy atom. The Hall–Kier alpha value is -0.900. The summed E-state index contributed by atoms with van der Waals surface area (Å²) in [7, 11) is 0. The van der Waals surface area contributed by atoms with Crippen LogP contribution in [0.5, 0.6) is 0 Å². The predicted octanol–water partition coefficient (Wildman–Crippen LogP) is 1.36. The highest BCUT2D eigenvalue weighted by Gasteiger charge is 2.35. The number of halogens is 1. The van der Waals surface area contributed by atoms with E-state index in [0.29, 0.717) is 18.8 Å². The molecule has 2 heterocycles. The van der Waals surface area contributed by atoms with Gasteiger partial charge in [-0.05, 0) is 12.5 Å². The molecule has 1 unspecified atom stereocenters. The number of aryl methyl sites for hydroxylation is 1. The number of fused-ring (bicyclic) bond motifs is 1. The van der Waals surface area contributed by atoms with Gasteiger partial charge in [-0.15, -0.1) is 0 Å². The van der Waals surface area contributed by atoms with Gasteiger partial charge in [-0.2, -0.15) is 5.10 Å². The van der Waals surface area contributed by atoms with Crippen molar-refractivity contribution in [3.8, 4) is 0 Å². The lowest BCUT2D eigenvalue weighted by Gasteiger charge is -2.27. The van der Waals surface area contributed by atoms with Crippen molar-refractivity contribution < 1.29 is 9.13 Å². The second-order valence-electron chi connectivity index (χ2n) is 3.16. The molecule has 2 rings (SSSR count). The molecule has 0 amide bonds. The topological polar surface area (TPSA) is 27.1 Å². The first-order valence-electron chi connectivity index (χ1n) is 3.97. The standard InChI is InChI=1S/C8H11FN2O/c1-6-5-10-11-3-4-12-8(2,9)7(6)11/h5H,3-4H2,1-2H3. The summed E-state index contributed by atoms with van der Waals surface area (Å²) in [5, 5.41) is 4.05. The second kappa shape index (κ2) is 2.29. The van der Waals surface area contributed by atoms with Gasteiger partial charge in [0.05, 0.1) is 19.3 Å². The molecular formula is C8H11FN2O. The molecule has 0 N–H and O–H groups in total.